The molecule has 2 amide bonds. The summed E-state index contributed by atoms with van der Waals surface area (Å²) in [6.45, 7) is 4.25. The zero-order valence-corrected chi connectivity index (χ0v) is 11.7. The van der Waals surface area contributed by atoms with Crippen molar-refractivity contribution in [2.75, 3.05) is 13.1 Å². The number of amides is 2. The summed E-state index contributed by atoms with van der Waals surface area (Å²) < 4.78 is 0. The number of aryl methyl sites for hydroxylation is 1. The van der Waals surface area contributed by atoms with E-state index in [-0.39, 0.29) is 6.03 Å². The maximum atomic E-state index is 12.1. The smallest absolute Gasteiger partial charge is 0.317 e. The highest BCUT2D eigenvalue weighted by molar-refractivity contribution is 5.74. The van der Waals surface area contributed by atoms with Crippen LogP contribution in [-0.2, 0) is 13.6 Å². The maximum absolute atomic E-state index is 12.1. The van der Waals surface area contributed by atoms with E-state index in [9.17, 15) is 4.79 Å². The van der Waals surface area contributed by atoms with E-state index >= 15 is 0 Å². The first kappa shape index (κ1) is 13.8. The van der Waals surface area contributed by atoms with Gasteiger partial charge in [-0.1, -0.05) is 13.3 Å². The zero-order chi connectivity index (χ0) is 13.7. The molecule has 1 aromatic rings. The number of urea groups is 1. The third-order valence-corrected chi connectivity index (χ3v) is 3.66. The fourth-order valence-corrected chi connectivity index (χ4v) is 2.44. The van der Waals surface area contributed by atoms with Gasteiger partial charge in [-0.3, -0.25) is 0 Å². The Labute approximate surface area is 113 Å². The molecular formula is C12H22N6O. The Morgan fingerprint density at radius 2 is 2.26 bits per heavy atom. The molecule has 7 nitrogen and oxygen atoms in total. The average Bonchev–Trinajstić information content (AvgIpc) is 2.69. The molecule has 2 heterocycles. The van der Waals surface area contributed by atoms with E-state index in [1.54, 1.807) is 7.05 Å². The molecule has 0 saturated carbocycles. The van der Waals surface area contributed by atoms with Crippen LogP contribution >= 0.6 is 0 Å². The topological polar surface area (TPSA) is 75.9 Å². The lowest BCUT2D eigenvalue weighted by Gasteiger charge is -2.20. The van der Waals surface area contributed by atoms with Gasteiger partial charge in [0.25, 0.3) is 0 Å². The van der Waals surface area contributed by atoms with Crippen molar-refractivity contribution in [3.8, 4) is 0 Å². The Bertz CT molecular complexity index is 418. The van der Waals surface area contributed by atoms with Crippen molar-refractivity contribution >= 4 is 6.03 Å². The molecule has 0 bridgehead atoms. The van der Waals surface area contributed by atoms with Crippen LogP contribution in [0.25, 0.3) is 0 Å². The van der Waals surface area contributed by atoms with Gasteiger partial charge in [0.1, 0.15) is 0 Å². The number of tetrazole rings is 1. The van der Waals surface area contributed by atoms with Crippen LogP contribution in [0.2, 0.25) is 0 Å². The predicted molar refractivity (Wildman–Crippen MR) is 70.2 cm³/mol. The first-order valence-electron chi connectivity index (χ1n) is 6.94. The minimum Gasteiger partial charge on any atom is -0.331 e. The van der Waals surface area contributed by atoms with Crippen molar-refractivity contribution in [2.24, 2.45) is 13.0 Å². The van der Waals surface area contributed by atoms with E-state index in [0.29, 0.717) is 12.4 Å². The average molecular weight is 266 g/mol. The van der Waals surface area contributed by atoms with Gasteiger partial charge in [-0.2, -0.15) is 4.80 Å². The normalized spacial score (nSPS) is 20.1. The summed E-state index contributed by atoms with van der Waals surface area (Å²) in [5, 5.41) is 14.5. The molecule has 1 aliphatic rings. The molecule has 1 atom stereocenters. The minimum absolute atomic E-state index is 0.0239. The van der Waals surface area contributed by atoms with Gasteiger partial charge < -0.3 is 10.2 Å². The summed E-state index contributed by atoms with van der Waals surface area (Å²) in [7, 11) is 1.71. The SMILES string of the molecule is CCC1CCCN(C(=O)NCc2nnn(C)n2)CC1. The lowest BCUT2D eigenvalue weighted by molar-refractivity contribution is 0.198. The van der Waals surface area contributed by atoms with Crippen LogP contribution in [0.3, 0.4) is 0 Å². The second kappa shape index (κ2) is 6.49. The van der Waals surface area contributed by atoms with Crippen LogP contribution in [0.4, 0.5) is 4.79 Å². The summed E-state index contributed by atoms with van der Waals surface area (Å²) in [6, 6.07) is -0.0239. The number of hydrogen-bond donors (Lipinski definition) is 1. The largest absolute Gasteiger partial charge is 0.331 e. The van der Waals surface area contributed by atoms with Crippen LogP contribution in [0.15, 0.2) is 0 Å². The fraction of sp³-hybridized carbons (Fsp3) is 0.833. The summed E-state index contributed by atoms with van der Waals surface area (Å²) >= 11 is 0. The zero-order valence-electron chi connectivity index (χ0n) is 11.7. The molecule has 0 aromatic carbocycles. The molecule has 7 heteroatoms. The van der Waals surface area contributed by atoms with Gasteiger partial charge in [0, 0.05) is 13.1 Å². The van der Waals surface area contributed by atoms with E-state index in [1.165, 1.54) is 17.6 Å². The van der Waals surface area contributed by atoms with Gasteiger partial charge >= 0.3 is 6.03 Å². The van der Waals surface area contributed by atoms with Crippen LogP contribution in [0.5, 0.6) is 0 Å². The molecule has 1 aromatic heterocycles. The number of carbonyl (C=O) groups excluding carboxylic acids is 1. The number of hydrogen-bond acceptors (Lipinski definition) is 4. The number of nitrogens with one attached hydrogen (secondary N) is 1. The molecule has 19 heavy (non-hydrogen) atoms. The highest BCUT2D eigenvalue weighted by Crippen LogP contribution is 2.20. The highest BCUT2D eigenvalue weighted by Gasteiger charge is 2.19. The van der Waals surface area contributed by atoms with Crippen LogP contribution in [0, 0.1) is 5.92 Å². The van der Waals surface area contributed by atoms with Gasteiger partial charge in [-0.05, 0) is 30.4 Å². The first-order valence-corrected chi connectivity index (χ1v) is 6.94. The van der Waals surface area contributed by atoms with Gasteiger partial charge in [-0.25, -0.2) is 4.79 Å². The van der Waals surface area contributed by atoms with Crippen molar-refractivity contribution in [2.45, 2.75) is 39.2 Å². The quantitative estimate of drug-likeness (QED) is 0.883. The first-order chi connectivity index (χ1) is 9.19. The number of likely N-dealkylation sites (tertiary alicyclic amines) is 1. The van der Waals surface area contributed by atoms with Crippen molar-refractivity contribution in [1.29, 1.82) is 0 Å². The summed E-state index contributed by atoms with van der Waals surface area (Å²) in [6.07, 6.45) is 4.63. The lowest BCUT2D eigenvalue weighted by atomic mass is 9.98. The molecular weight excluding hydrogens is 244 g/mol. The summed E-state index contributed by atoms with van der Waals surface area (Å²) in [5.74, 6) is 1.30. The second-order valence-electron chi connectivity index (χ2n) is 5.05. The molecule has 1 aliphatic heterocycles. The van der Waals surface area contributed by atoms with Crippen molar-refractivity contribution in [1.82, 2.24) is 30.4 Å². The number of carbonyl (C=O) groups is 1. The van der Waals surface area contributed by atoms with E-state index in [0.717, 1.165) is 31.8 Å². The van der Waals surface area contributed by atoms with Gasteiger partial charge in [0.05, 0.1) is 13.6 Å². The summed E-state index contributed by atoms with van der Waals surface area (Å²) in [5.41, 5.74) is 0. The molecule has 106 valence electrons. The maximum Gasteiger partial charge on any atom is 0.317 e. The Balaban J connectivity index is 1.79. The van der Waals surface area contributed by atoms with E-state index < -0.39 is 0 Å². The van der Waals surface area contributed by atoms with Gasteiger partial charge in [0.2, 0.25) is 0 Å². The number of aromatic nitrogens is 4. The van der Waals surface area contributed by atoms with Gasteiger partial charge in [0.15, 0.2) is 5.82 Å². The van der Waals surface area contributed by atoms with Crippen molar-refractivity contribution in [3.05, 3.63) is 5.82 Å². The monoisotopic (exact) mass is 266 g/mol. The van der Waals surface area contributed by atoms with Crippen LogP contribution < -0.4 is 5.32 Å². The molecule has 1 fully saturated rings. The van der Waals surface area contributed by atoms with Crippen LogP contribution in [0.1, 0.15) is 38.4 Å². The third-order valence-electron chi connectivity index (χ3n) is 3.66. The Kier molecular flexibility index (Phi) is 4.70. The number of nitrogens with zero attached hydrogens (tertiary/aromatic N) is 5. The molecule has 1 unspecified atom stereocenters. The molecule has 2 rings (SSSR count). The number of rotatable bonds is 3. The molecule has 0 aliphatic carbocycles. The van der Waals surface area contributed by atoms with Crippen LogP contribution in [-0.4, -0.2) is 44.2 Å². The predicted octanol–water partition coefficient (Wildman–Crippen LogP) is 0.932. The Hall–Kier alpha value is -1.66. The molecule has 1 N–H and O–H groups in total. The fourth-order valence-electron chi connectivity index (χ4n) is 2.44. The van der Waals surface area contributed by atoms with E-state index in [1.807, 2.05) is 4.90 Å². The molecule has 1 saturated heterocycles. The van der Waals surface area contributed by atoms with Crippen molar-refractivity contribution in [3.63, 3.8) is 0 Å². The Morgan fingerprint density at radius 1 is 1.42 bits per heavy atom. The lowest BCUT2D eigenvalue weighted by Crippen LogP contribution is -2.40. The van der Waals surface area contributed by atoms with E-state index in [4.69, 9.17) is 0 Å². The summed E-state index contributed by atoms with van der Waals surface area (Å²) in [4.78, 5) is 15.3. The Morgan fingerprint density at radius 3 is 2.95 bits per heavy atom. The van der Waals surface area contributed by atoms with E-state index in [2.05, 4.69) is 27.7 Å². The standard InChI is InChI=1S/C12H22N6O/c1-3-10-5-4-7-18(8-6-10)12(19)13-9-11-14-16-17(2)15-11/h10H,3-9H2,1-2H3,(H,13,19). The highest BCUT2D eigenvalue weighted by atomic mass is 16.2. The third kappa shape index (κ3) is 3.90. The molecule has 0 spiro atoms. The second-order valence-corrected chi connectivity index (χ2v) is 5.05. The minimum atomic E-state index is -0.0239. The van der Waals surface area contributed by atoms with Gasteiger partial charge in [-0.15, -0.1) is 10.2 Å². The van der Waals surface area contributed by atoms with Crippen molar-refractivity contribution < 1.29 is 4.79 Å². The molecule has 0 radical (unpaired) electrons.